The molecule has 1 fully saturated rings. The summed E-state index contributed by atoms with van der Waals surface area (Å²) in [6.45, 7) is 0. The van der Waals surface area contributed by atoms with Crippen LogP contribution in [0.15, 0.2) is 18.2 Å². The van der Waals surface area contributed by atoms with Crippen molar-refractivity contribution in [2.75, 3.05) is 7.11 Å². The van der Waals surface area contributed by atoms with Gasteiger partial charge in [0.1, 0.15) is 5.75 Å². The van der Waals surface area contributed by atoms with Gasteiger partial charge in [0, 0.05) is 16.6 Å². The van der Waals surface area contributed by atoms with Gasteiger partial charge in [-0.05, 0) is 37.5 Å². The lowest BCUT2D eigenvalue weighted by atomic mass is 9.91. The van der Waals surface area contributed by atoms with E-state index in [1.54, 1.807) is 25.3 Å². The van der Waals surface area contributed by atoms with E-state index in [2.05, 4.69) is 0 Å². The molecule has 0 aromatic heterocycles. The molecular weight excluding hydrogens is 226 g/mol. The lowest BCUT2D eigenvalue weighted by Gasteiger charge is -2.25. The van der Waals surface area contributed by atoms with E-state index in [1.165, 1.54) is 0 Å². The smallest absolute Gasteiger partial charge is 0.125 e. The zero-order chi connectivity index (χ0) is 11.8. The highest BCUT2D eigenvalue weighted by Gasteiger charge is 2.39. The maximum Gasteiger partial charge on any atom is 0.125 e. The van der Waals surface area contributed by atoms with Crippen LogP contribution < -0.4 is 10.5 Å². The first-order chi connectivity index (χ1) is 7.55. The van der Waals surface area contributed by atoms with Crippen molar-refractivity contribution < 1.29 is 9.84 Å². The molecule has 1 aliphatic carbocycles. The van der Waals surface area contributed by atoms with E-state index < -0.39 is 5.60 Å². The standard InChI is InChI=1S/C12H16ClNO2/c1-16-11-3-2-8(13)6-10(11)12(15)5-4-9(14)7-12/h2-3,6,9,15H,4-5,7,14H2,1H3. The molecule has 1 saturated carbocycles. The van der Waals surface area contributed by atoms with E-state index >= 15 is 0 Å². The average Bonchev–Trinajstić information content (AvgIpc) is 2.60. The number of halogens is 1. The highest BCUT2D eigenvalue weighted by atomic mass is 35.5. The number of nitrogens with two attached hydrogens (primary N) is 1. The number of benzene rings is 1. The normalized spacial score (nSPS) is 29.4. The van der Waals surface area contributed by atoms with E-state index in [1.807, 2.05) is 0 Å². The van der Waals surface area contributed by atoms with Crippen LogP contribution in [-0.4, -0.2) is 18.3 Å². The van der Waals surface area contributed by atoms with Crippen molar-refractivity contribution in [3.05, 3.63) is 28.8 Å². The molecule has 0 amide bonds. The highest BCUT2D eigenvalue weighted by molar-refractivity contribution is 6.30. The second kappa shape index (κ2) is 4.24. The summed E-state index contributed by atoms with van der Waals surface area (Å²) in [5, 5.41) is 11.2. The molecule has 0 aliphatic heterocycles. The Morgan fingerprint density at radius 1 is 1.56 bits per heavy atom. The average molecular weight is 242 g/mol. The molecule has 3 nitrogen and oxygen atoms in total. The van der Waals surface area contributed by atoms with Crippen LogP contribution in [0.4, 0.5) is 0 Å². The van der Waals surface area contributed by atoms with E-state index in [0.29, 0.717) is 23.6 Å². The summed E-state index contributed by atoms with van der Waals surface area (Å²) in [6, 6.07) is 5.34. The van der Waals surface area contributed by atoms with Crippen molar-refractivity contribution >= 4 is 11.6 Å². The van der Waals surface area contributed by atoms with Gasteiger partial charge in [-0.1, -0.05) is 11.6 Å². The van der Waals surface area contributed by atoms with Crippen molar-refractivity contribution in [3.8, 4) is 5.75 Å². The molecule has 2 atom stereocenters. The Balaban J connectivity index is 2.42. The molecule has 16 heavy (non-hydrogen) atoms. The van der Waals surface area contributed by atoms with Crippen molar-refractivity contribution in [3.63, 3.8) is 0 Å². The Kier molecular flexibility index (Phi) is 3.10. The summed E-state index contributed by atoms with van der Waals surface area (Å²) < 4.78 is 5.25. The molecule has 1 aromatic carbocycles. The number of hydrogen-bond donors (Lipinski definition) is 2. The van der Waals surface area contributed by atoms with Gasteiger partial charge in [0.15, 0.2) is 0 Å². The highest BCUT2D eigenvalue weighted by Crippen LogP contribution is 2.42. The van der Waals surface area contributed by atoms with Crippen LogP contribution in [0.5, 0.6) is 5.75 Å². The van der Waals surface area contributed by atoms with Gasteiger partial charge in [-0.25, -0.2) is 0 Å². The molecular formula is C12H16ClNO2. The van der Waals surface area contributed by atoms with E-state index in [9.17, 15) is 5.11 Å². The molecule has 0 saturated heterocycles. The summed E-state index contributed by atoms with van der Waals surface area (Å²) in [5.74, 6) is 0.668. The van der Waals surface area contributed by atoms with E-state index in [4.69, 9.17) is 22.1 Å². The predicted octanol–water partition coefficient (Wildman–Crippen LogP) is 2.05. The van der Waals surface area contributed by atoms with Gasteiger partial charge in [0.05, 0.1) is 12.7 Å². The first-order valence-electron chi connectivity index (χ1n) is 5.37. The molecule has 88 valence electrons. The van der Waals surface area contributed by atoms with Gasteiger partial charge < -0.3 is 15.6 Å². The van der Waals surface area contributed by atoms with Crippen LogP contribution in [-0.2, 0) is 5.60 Å². The summed E-state index contributed by atoms with van der Waals surface area (Å²) in [7, 11) is 1.59. The fourth-order valence-corrected chi connectivity index (χ4v) is 2.52. The lowest BCUT2D eigenvalue weighted by Crippen LogP contribution is -2.26. The molecule has 1 aliphatic rings. The van der Waals surface area contributed by atoms with Crippen molar-refractivity contribution in [2.24, 2.45) is 5.73 Å². The van der Waals surface area contributed by atoms with Crippen LogP contribution in [0.25, 0.3) is 0 Å². The van der Waals surface area contributed by atoms with Crippen molar-refractivity contribution in [2.45, 2.75) is 30.9 Å². The van der Waals surface area contributed by atoms with Gasteiger partial charge in [-0.15, -0.1) is 0 Å². The van der Waals surface area contributed by atoms with E-state index in [-0.39, 0.29) is 6.04 Å². The number of hydrogen-bond acceptors (Lipinski definition) is 3. The summed E-state index contributed by atoms with van der Waals surface area (Å²) >= 11 is 5.95. The number of rotatable bonds is 2. The minimum absolute atomic E-state index is 0.0497. The van der Waals surface area contributed by atoms with Gasteiger partial charge >= 0.3 is 0 Å². The SMILES string of the molecule is COc1ccc(Cl)cc1C1(O)CCC(N)C1. The molecule has 4 heteroatoms. The molecule has 2 rings (SSSR count). The van der Waals surface area contributed by atoms with Gasteiger partial charge in [-0.2, -0.15) is 0 Å². The summed E-state index contributed by atoms with van der Waals surface area (Å²) in [6.07, 6.45) is 2.04. The fourth-order valence-electron chi connectivity index (χ4n) is 2.35. The molecule has 3 N–H and O–H groups in total. The Morgan fingerprint density at radius 2 is 2.31 bits per heavy atom. The number of aliphatic hydroxyl groups is 1. The predicted molar refractivity (Wildman–Crippen MR) is 63.7 cm³/mol. The zero-order valence-electron chi connectivity index (χ0n) is 9.24. The Morgan fingerprint density at radius 3 is 2.88 bits per heavy atom. The maximum absolute atomic E-state index is 10.6. The third-order valence-electron chi connectivity index (χ3n) is 3.19. The van der Waals surface area contributed by atoms with Crippen LogP contribution in [0.2, 0.25) is 5.02 Å². The number of methoxy groups -OCH3 is 1. The fraction of sp³-hybridized carbons (Fsp3) is 0.500. The quantitative estimate of drug-likeness (QED) is 0.833. The van der Waals surface area contributed by atoms with Crippen LogP contribution in [0, 0.1) is 0 Å². The van der Waals surface area contributed by atoms with Gasteiger partial charge in [-0.3, -0.25) is 0 Å². The van der Waals surface area contributed by atoms with Crippen molar-refractivity contribution in [1.29, 1.82) is 0 Å². The Bertz CT molecular complexity index is 397. The van der Waals surface area contributed by atoms with Gasteiger partial charge in [0.25, 0.3) is 0 Å². The first kappa shape index (κ1) is 11.7. The first-order valence-corrected chi connectivity index (χ1v) is 5.75. The lowest BCUT2D eigenvalue weighted by molar-refractivity contribution is 0.0406. The molecule has 0 bridgehead atoms. The maximum atomic E-state index is 10.6. The monoisotopic (exact) mass is 241 g/mol. The largest absolute Gasteiger partial charge is 0.496 e. The second-order valence-corrected chi connectivity index (χ2v) is 4.82. The Labute approximate surface area is 100 Å². The molecule has 0 radical (unpaired) electrons. The molecule has 0 heterocycles. The third kappa shape index (κ3) is 2.03. The number of ether oxygens (including phenoxy) is 1. The Hall–Kier alpha value is -0.770. The van der Waals surface area contributed by atoms with Crippen LogP contribution in [0.3, 0.4) is 0 Å². The van der Waals surface area contributed by atoms with E-state index in [0.717, 1.165) is 12.0 Å². The van der Waals surface area contributed by atoms with Crippen LogP contribution >= 0.6 is 11.6 Å². The zero-order valence-corrected chi connectivity index (χ0v) is 10.00. The molecule has 2 unspecified atom stereocenters. The minimum Gasteiger partial charge on any atom is -0.496 e. The topological polar surface area (TPSA) is 55.5 Å². The van der Waals surface area contributed by atoms with Crippen LogP contribution in [0.1, 0.15) is 24.8 Å². The molecule has 0 spiro atoms. The van der Waals surface area contributed by atoms with Crippen molar-refractivity contribution in [1.82, 2.24) is 0 Å². The molecule has 1 aromatic rings. The second-order valence-electron chi connectivity index (χ2n) is 4.38. The summed E-state index contributed by atoms with van der Waals surface area (Å²) in [5.41, 5.74) is 5.70. The minimum atomic E-state index is -0.893. The third-order valence-corrected chi connectivity index (χ3v) is 3.43. The summed E-state index contributed by atoms with van der Waals surface area (Å²) in [4.78, 5) is 0. The van der Waals surface area contributed by atoms with Gasteiger partial charge in [0.2, 0.25) is 0 Å².